The Morgan fingerprint density at radius 1 is 0.800 bits per heavy atom. The number of hydrogen-bond donors (Lipinski definition) is 2. The molecule has 0 radical (unpaired) electrons. The van der Waals surface area contributed by atoms with Crippen LogP contribution in [0.15, 0.2) is 36.4 Å². The molecule has 0 saturated carbocycles. The first kappa shape index (κ1) is 19.9. The summed E-state index contributed by atoms with van der Waals surface area (Å²) < 4.78 is 11.6. The maximum atomic E-state index is 6.17. The lowest BCUT2D eigenvalue weighted by Gasteiger charge is -2.16. The van der Waals surface area contributed by atoms with Gasteiger partial charge in [0.05, 0.1) is 0 Å². The summed E-state index contributed by atoms with van der Waals surface area (Å²) in [5.74, 6) is 1.50. The van der Waals surface area contributed by atoms with Crippen LogP contribution in [0.3, 0.4) is 0 Å². The number of hydrogen-bond acceptors (Lipinski definition) is 4. The van der Waals surface area contributed by atoms with Crippen LogP contribution in [0.1, 0.15) is 25.0 Å². The minimum absolute atomic E-state index is 0.0559. The van der Waals surface area contributed by atoms with Gasteiger partial charge in [-0.25, -0.2) is 0 Å². The monoisotopic (exact) mass is 382 g/mol. The first-order valence-electron chi connectivity index (χ1n) is 8.18. The van der Waals surface area contributed by atoms with Crippen LogP contribution in [-0.2, 0) is 6.42 Å². The lowest BCUT2D eigenvalue weighted by atomic mass is 10.0. The van der Waals surface area contributed by atoms with Gasteiger partial charge >= 0.3 is 0 Å². The van der Waals surface area contributed by atoms with E-state index in [1.165, 1.54) is 0 Å². The van der Waals surface area contributed by atoms with E-state index in [2.05, 4.69) is 0 Å². The molecule has 4 N–H and O–H groups in total. The highest BCUT2D eigenvalue weighted by atomic mass is 35.5. The van der Waals surface area contributed by atoms with Crippen LogP contribution in [0.25, 0.3) is 0 Å². The van der Waals surface area contributed by atoms with E-state index >= 15 is 0 Å². The highest BCUT2D eigenvalue weighted by molar-refractivity contribution is 6.31. The smallest absolute Gasteiger partial charge is 0.123 e. The molecule has 0 fully saturated rings. The fourth-order valence-electron chi connectivity index (χ4n) is 2.30. The number of benzene rings is 2. The van der Waals surface area contributed by atoms with Crippen molar-refractivity contribution in [2.45, 2.75) is 32.4 Å². The summed E-state index contributed by atoms with van der Waals surface area (Å²) in [6.07, 6.45) is 0.573. The van der Waals surface area contributed by atoms with E-state index in [0.717, 1.165) is 22.6 Å². The number of rotatable bonds is 8. The van der Waals surface area contributed by atoms with Crippen LogP contribution in [0.2, 0.25) is 10.0 Å². The van der Waals surface area contributed by atoms with E-state index in [9.17, 15) is 0 Å². The van der Waals surface area contributed by atoms with E-state index in [1.54, 1.807) is 12.1 Å². The van der Waals surface area contributed by atoms with Crippen molar-refractivity contribution in [2.75, 3.05) is 13.2 Å². The van der Waals surface area contributed by atoms with Gasteiger partial charge in [-0.3, -0.25) is 0 Å². The van der Waals surface area contributed by atoms with Crippen molar-refractivity contribution < 1.29 is 9.47 Å². The second-order valence-electron chi connectivity index (χ2n) is 6.26. The Morgan fingerprint density at radius 3 is 1.56 bits per heavy atom. The van der Waals surface area contributed by atoms with Crippen molar-refractivity contribution in [3.63, 3.8) is 0 Å². The van der Waals surface area contributed by atoms with Crippen LogP contribution < -0.4 is 20.9 Å². The van der Waals surface area contributed by atoms with Gasteiger partial charge in [0.2, 0.25) is 0 Å². The largest absolute Gasteiger partial charge is 0.492 e. The molecule has 25 heavy (non-hydrogen) atoms. The van der Waals surface area contributed by atoms with Crippen LogP contribution in [0.5, 0.6) is 11.5 Å². The predicted octanol–water partition coefficient (Wildman–Crippen LogP) is 4.04. The van der Waals surface area contributed by atoms with Crippen LogP contribution in [0, 0.1) is 0 Å². The van der Waals surface area contributed by atoms with Gasteiger partial charge in [0.1, 0.15) is 24.7 Å². The number of ether oxygens (including phenoxy) is 2. The third kappa shape index (κ3) is 6.40. The molecule has 0 amide bonds. The SMILES string of the molecule is C[C@@H](N)COc1ccc(Cl)cc1Cc1cc(Cl)ccc1OC[C@@H](C)N. The molecule has 0 aliphatic carbocycles. The molecule has 2 aromatic rings. The van der Waals surface area contributed by atoms with Gasteiger partial charge in [0.25, 0.3) is 0 Å². The Bertz CT molecular complexity index is 646. The highest BCUT2D eigenvalue weighted by Gasteiger charge is 2.12. The Kier molecular flexibility index (Phi) is 7.38. The third-order valence-electron chi connectivity index (χ3n) is 3.43. The molecule has 0 aromatic heterocycles. The molecule has 0 aliphatic heterocycles. The minimum atomic E-state index is -0.0559. The molecule has 6 heteroatoms. The highest BCUT2D eigenvalue weighted by Crippen LogP contribution is 2.30. The van der Waals surface area contributed by atoms with E-state index < -0.39 is 0 Å². The minimum Gasteiger partial charge on any atom is -0.492 e. The fraction of sp³-hybridized carbons (Fsp3) is 0.368. The summed E-state index contributed by atoms with van der Waals surface area (Å²) in [4.78, 5) is 0. The van der Waals surface area contributed by atoms with E-state index in [4.69, 9.17) is 44.1 Å². The molecule has 2 atom stereocenters. The second-order valence-corrected chi connectivity index (χ2v) is 7.13. The Morgan fingerprint density at radius 2 is 1.20 bits per heavy atom. The first-order valence-corrected chi connectivity index (χ1v) is 8.94. The normalized spacial score (nSPS) is 13.4. The number of halogens is 2. The summed E-state index contributed by atoms with van der Waals surface area (Å²) in [7, 11) is 0. The quantitative estimate of drug-likeness (QED) is 0.722. The molecule has 0 aliphatic rings. The van der Waals surface area contributed by atoms with Gasteiger partial charge < -0.3 is 20.9 Å². The van der Waals surface area contributed by atoms with Gasteiger partial charge in [-0.05, 0) is 50.2 Å². The summed E-state index contributed by atoms with van der Waals surface area (Å²) in [5.41, 5.74) is 13.5. The van der Waals surface area contributed by atoms with Crippen molar-refractivity contribution >= 4 is 23.2 Å². The lowest BCUT2D eigenvalue weighted by Crippen LogP contribution is -2.24. The van der Waals surface area contributed by atoms with Gasteiger partial charge in [-0.1, -0.05) is 23.2 Å². The zero-order chi connectivity index (χ0) is 18.4. The average Bonchev–Trinajstić information content (AvgIpc) is 2.53. The van der Waals surface area contributed by atoms with Crippen LogP contribution >= 0.6 is 23.2 Å². The van der Waals surface area contributed by atoms with Crippen molar-refractivity contribution in [1.29, 1.82) is 0 Å². The van der Waals surface area contributed by atoms with E-state index in [0.29, 0.717) is 29.7 Å². The van der Waals surface area contributed by atoms with E-state index in [-0.39, 0.29) is 12.1 Å². The fourth-order valence-corrected chi connectivity index (χ4v) is 2.69. The van der Waals surface area contributed by atoms with Gasteiger partial charge in [0.15, 0.2) is 0 Å². The van der Waals surface area contributed by atoms with Crippen LogP contribution in [0.4, 0.5) is 0 Å². The standard InChI is InChI=1S/C19H24Cl2N2O2/c1-12(22)10-24-18-5-3-16(20)8-14(18)7-15-9-17(21)4-6-19(15)25-11-13(2)23/h3-6,8-9,12-13H,7,10-11,22-23H2,1-2H3/t12-,13-/m1/s1. The molecule has 2 aromatic carbocycles. The molecular weight excluding hydrogens is 359 g/mol. The topological polar surface area (TPSA) is 70.5 Å². The molecule has 0 bridgehead atoms. The Labute approximate surface area is 159 Å². The second kappa shape index (κ2) is 9.30. The summed E-state index contributed by atoms with van der Waals surface area (Å²) in [6.45, 7) is 4.65. The van der Waals surface area contributed by atoms with Gasteiger partial charge in [0, 0.05) is 39.7 Å². The van der Waals surface area contributed by atoms with E-state index in [1.807, 2.05) is 38.1 Å². The molecule has 0 unspecified atom stereocenters. The zero-order valence-electron chi connectivity index (χ0n) is 14.5. The molecule has 4 nitrogen and oxygen atoms in total. The van der Waals surface area contributed by atoms with Crippen molar-refractivity contribution in [1.82, 2.24) is 0 Å². The third-order valence-corrected chi connectivity index (χ3v) is 3.90. The van der Waals surface area contributed by atoms with Crippen molar-refractivity contribution in [3.8, 4) is 11.5 Å². The Balaban J connectivity index is 2.28. The molecule has 0 spiro atoms. The lowest BCUT2D eigenvalue weighted by molar-refractivity contribution is 0.290. The summed E-state index contributed by atoms with van der Waals surface area (Å²) in [6, 6.07) is 11.0. The summed E-state index contributed by atoms with van der Waals surface area (Å²) >= 11 is 12.3. The van der Waals surface area contributed by atoms with Gasteiger partial charge in [-0.15, -0.1) is 0 Å². The average molecular weight is 383 g/mol. The maximum Gasteiger partial charge on any atom is 0.123 e. The van der Waals surface area contributed by atoms with Gasteiger partial charge in [-0.2, -0.15) is 0 Å². The zero-order valence-corrected chi connectivity index (χ0v) is 16.0. The molecule has 0 heterocycles. The summed E-state index contributed by atoms with van der Waals surface area (Å²) in [5, 5.41) is 1.28. The molecular formula is C19H24Cl2N2O2. The Hall–Kier alpha value is -1.46. The van der Waals surface area contributed by atoms with Crippen molar-refractivity contribution in [3.05, 3.63) is 57.6 Å². The first-order chi connectivity index (χ1) is 11.8. The molecule has 0 saturated heterocycles. The maximum absolute atomic E-state index is 6.17. The molecule has 2 rings (SSSR count). The van der Waals surface area contributed by atoms with Crippen LogP contribution in [-0.4, -0.2) is 25.3 Å². The molecule has 136 valence electrons. The van der Waals surface area contributed by atoms with Crippen molar-refractivity contribution in [2.24, 2.45) is 11.5 Å². The predicted molar refractivity (Wildman–Crippen MR) is 104 cm³/mol. The number of nitrogens with two attached hydrogens (primary N) is 2.